The van der Waals surface area contributed by atoms with E-state index in [0.29, 0.717) is 12.0 Å². The molecule has 0 aliphatic heterocycles. The van der Waals surface area contributed by atoms with Gasteiger partial charge in [-0.05, 0) is 24.3 Å². The fourth-order valence-corrected chi connectivity index (χ4v) is 2.43. The molecule has 1 saturated carbocycles. The molecule has 1 fully saturated rings. The van der Waals surface area contributed by atoms with Gasteiger partial charge in [-0.3, -0.25) is 4.84 Å². The van der Waals surface area contributed by atoms with Crippen LogP contribution in [0, 0.1) is 5.92 Å². The van der Waals surface area contributed by atoms with Crippen LogP contribution in [-0.2, 0) is 4.84 Å². The minimum atomic E-state index is 0.289. The lowest BCUT2D eigenvalue weighted by Gasteiger charge is -2.24. The maximum Gasteiger partial charge on any atom is 0.0790 e. The monoisotopic (exact) mass is 233 g/mol. The molecule has 0 spiro atoms. The van der Waals surface area contributed by atoms with Gasteiger partial charge in [0.15, 0.2) is 0 Å². The molecule has 2 heteroatoms. The highest BCUT2D eigenvalue weighted by Gasteiger charge is 2.20. The van der Waals surface area contributed by atoms with Crippen LogP contribution in [0.1, 0.15) is 51.1 Å². The lowest BCUT2D eigenvalue weighted by Crippen LogP contribution is -2.29. The Kier molecular flexibility index (Phi) is 4.57. The van der Waals surface area contributed by atoms with Gasteiger partial charge in [-0.25, -0.2) is 0 Å². The maximum absolute atomic E-state index is 5.83. The van der Waals surface area contributed by atoms with Crippen LogP contribution in [0.15, 0.2) is 30.3 Å². The highest BCUT2D eigenvalue weighted by molar-refractivity contribution is 5.18. The summed E-state index contributed by atoms with van der Waals surface area (Å²) in [5.74, 6) is 0.527. The quantitative estimate of drug-likeness (QED) is 0.780. The summed E-state index contributed by atoms with van der Waals surface area (Å²) in [5, 5.41) is 0. The molecule has 1 aliphatic rings. The van der Waals surface area contributed by atoms with Crippen molar-refractivity contribution in [2.75, 3.05) is 0 Å². The fraction of sp³-hybridized carbons (Fsp3) is 0.600. The third-order valence-corrected chi connectivity index (χ3v) is 3.49. The molecule has 2 rings (SSSR count). The van der Waals surface area contributed by atoms with Crippen molar-refractivity contribution in [3.63, 3.8) is 0 Å². The molecule has 1 aromatic rings. The van der Waals surface area contributed by atoms with E-state index >= 15 is 0 Å². The lowest BCUT2D eigenvalue weighted by molar-refractivity contribution is -0.0489. The Morgan fingerprint density at radius 1 is 1.12 bits per heavy atom. The minimum Gasteiger partial charge on any atom is -0.298 e. The number of benzene rings is 1. The molecule has 1 aliphatic carbocycles. The average Bonchev–Trinajstić information content (AvgIpc) is 2.83. The van der Waals surface area contributed by atoms with Gasteiger partial charge < -0.3 is 0 Å². The second-order valence-corrected chi connectivity index (χ2v) is 5.27. The number of hydroxylamine groups is 1. The number of hydrogen-bond acceptors (Lipinski definition) is 2. The van der Waals surface area contributed by atoms with Crippen LogP contribution in [0.2, 0.25) is 0 Å². The van der Waals surface area contributed by atoms with Crippen molar-refractivity contribution >= 4 is 0 Å². The SMILES string of the molecule is CC(C)C(NOC1CCCC1)c1ccccc1. The van der Waals surface area contributed by atoms with Crippen molar-refractivity contribution in [1.82, 2.24) is 5.48 Å². The second-order valence-electron chi connectivity index (χ2n) is 5.27. The lowest BCUT2D eigenvalue weighted by atomic mass is 9.97. The Bertz CT molecular complexity index is 317. The van der Waals surface area contributed by atoms with Gasteiger partial charge in [0.1, 0.15) is 0 Å². The Labute approximate surface area is 104 Å². The smallest absolute Gasteiger partial charge is 0.0790 e. The minimum absolute atomic E-state index is 0.289. The molecular weight excluding hydrogens is 210 g/mol. The first-order valence-corrected chi connectivity index (χ1v) is 6.73. The molecule has 1 aromatic carbocycles. The van der Waals surface area contributed by atoms with Crippen LogP contribution in [0.25, 0.3) is 0 Å². The van der Waals surface area contributed by atoms with Gasteiger partial charge in [-0.2, -0.15) is 5.48 Å². The second kappa shape index (κ2) is 6.18. The molecule has 0 saturated heterocycles. The molecule has 2 nitrogen and oxygen atoms in total. The third kappa shape index (κ3) is 3.55. The largest absolute Gasteiger partial charge is 0.298 e. The van der Waals surface area contributed by atoms with E-state index in [1.165, 1.54) is 31.2 Å². The van der Waals surface area contributed by atoms with Crippen LogP contribution >= 0.6 is 0 Å². The maximum atomic E-state index is 5.83. The topological polar surface area (TPSA) is 21.3 Å². The van der Waals surface area contributed by atoms with Crippen molar-refractivity contribution in [3.8, 4) is 0 Å². The van der Waals surface area contributed by atoms with E-state index in [4.69, 9.17) is 4.84 Å². The Morgan fingerprint density at radius 3 is 2.35 bits per heavy atom. The number of hydrogen-bond donors (Lipinski definition) is 1. The predicted molar refractivity (Wildman–Crippen MR) is 70.5 cm³/mol. The average molecular weight is 233 g/mol. The summed E-state index contributed by atoms with van der Waals surface area (Å²) >= 11 is 0. The van der Waals surface area contributed by atoms with Crippen LogP contribution < -0.4 is 5.48 Å². The Morgan fingerprint density at radius 2 is 1.76 bits per heavy atom. The van der Waals surface area contributed by atoms with E-state index in [1.807, 2.05) is 0 Å². The number of rotatable bonds is 5. The summed E-state index contributed by atoms with van der Waals surface area (Å²) in [6.45, 7) is 4.45. The predicted octanol–water partition coefficient (Wildman–Crippen LogP) is 3.85. The molecule has 0 radical (unpaired) electrons. The number of nitrogens with one attached hydrogen (secondary N) is 1. The van der Waals surface area contributed by atoms with Gasteiger partial charge >= 0.3 is 0 Å². The van der Waals surface area contributed by atoms with Crippen molar-refractivity contribution in [2.45, 2.75) is 51.7 Å². The zero-order chi connectivity index (χ0) is 12.1. The first-order chi connectivity index (χ1) is 8.27. The summed E-state index contributed by atoms with van der Waals surface area (Å²) in [6, 6.07) is 10.8. The molecule has 0 heterocycles. The Hall–Kier alpha value is -0.860. The van der Waals surface area contributed by atoms with Crippen molar-refractivity contribution in [2.24, 2.45) is 5.92 Å². The molecule has 0 aromatic heterocycles. The van der Waals surface area contributed by atoms with Crippen molar-refractivity contribution < 1.29 is 4.84 Å². The van der Waals surface area contributed by atoms with E-state index in [1.54, 1.807) is 0 Å². The van der Waals surface area contributed by atoms with E-state index < -0.39 is 0 Å². The molecule has 0 bridgehead atoms. The molecule has 1 atom stereocenters. The highest BCUT2D eigenvalue weighted by Crippen LogP contribution is 2.24. The van der Waals surface area contributed by atoms with E-state index in [0.717, 1.165) is 0 Å². The molecule has 1 N–H and O–H groups in total. The molecular formula is C15H23NO. The van der Waals surface area contributed by atoms with Gasteiger partial charge in [0, 0.05) is 0 Å². The Balaban J connectivity index is 1.93. The molecule has 1 unspecified atom stereocenters. The van der Waals surface area contributed by atoms with Crippen LogP contribution in [0.4, 0.5) is 0 Å². The van der Waals surface area contributed by atoms with Crippen molar-refractivity contribution in [1.29, 1.82) is 0 Å². The first kappa shape index (κ1) is 12.6. The highest BCUT2D eigenvalue weighted by atomic mass is 16.7. The van der Waals surface area contributed by atoms with Crippen LogP contribution in [0.5, 0.6) is 0 Å². The summed E-state index contributed by atoms with van der Waals surface area (Å²) in [6.07, 6.45) is 5.44. The third-order valence-electron chi connectivity index (χ3n) is 3.49. The normalized spacial score (nSPS) is 18.8. The zero-order valence-electron chi connectivity index (χ0n) is 10.9. The summed E-state index contributed by atoms with van der Waals surface area (Å²) < 4.78 is 0. The summed E-state index contributed by atoms with van der Waals surface area (Å²) in [7, 11) is 0. The van der Waals surface area contributed by atoms with Gasteiger partial charge in [0.2, 0.25) is 0 Å². The standard InChI is InChI=1S/C15H23NO/c1-12(2)15(13-8-4-3-5-9-13)16-17-14-10-6-7-11-14/h3-5,8-9,12,14-16H,6-7,10-11H2,1-2H3. The van der Waals surface area contributed by atoms with E-state index in [9.17, 15) is 0 Å². The zero-order valence-corrected chi connectivity index (χ0v) is 10.9. The molecule has 0 amide bonds. The molecule has 17 heavy (non-hydrogen) atoms. The van der Waals surface area contributed by atoms with Gasteiger partial charge in [-0.1, -0.05) is 57.0 Å². The van der Waals surface area contributed by atoms with Crippen LogP contribution in [0.3, 0.4) is 0 Å². The van der Waals surface area contributed by atoms with Gasteiger partial charge in [0.25, 0.3) is 0 Å². The van der Waals surface area contributed by atoms with Crippen molar-refractivity contribution in [3.05, 3.63) is 35.9 Å². The first-order valence-electron chi connectivity index (χ1n) is 6.73. The fourth-order valence-electron chi connectivity index (χ4n) is 2.43. The summed E-state index contributed by atoms with van der Waals surface area (Å²) in [5.41, 5.74) is 4.58. The van der Waals surface area contributed by atoms with Gasteiger partial charge in [0.05, 0.1) is 12.1 Å². The molecule has 94 valence electrons. The van der Waals surface area contributed by atoms with E-state index in [2.05, 4.69) is 49.7 Å². The van der Waals surface area contributed by atoms with Gasteiger partial charge in [-0.15, -0.1) is 0 Å². The van der Waals surface area contributed by atoms with E-state index in [-0.39, 0.29) is 6.04 Å². The van der Waals surface area contributed by atoms with Crippen LogP contribution in [-0.4, -0.2) is 6.10 Å². The summed E-state index contributed by atoms with van der Waals surface area (Å²) in [4.78, 5) is 5.83.